The van der Waals surface area contributed by atoms with E-state index >= 15 is 0 Å². The summed E-state index contributed by atoms with van der Waals surface area (Å²) in [7, 11) is 4.07. The van der Waals surface area contributed by atoms with Gasteiger partial charge in [0.15, 0.2) is 0 Å². The second-order valence-electron chi connectivity index (χ2n) is 7.22. The van der Waals surface area contributed by atoms with Crippen molar-refractivity contribution in [2.75, 3.05) is 27.2 Å². The number of carboxylic acid groups (broad SMARTS) is 1. The van der Waals surface area contributed by atoms with Crippen molar-refractivity contribution in [2.45, 2.75) is 68.6 Å². The van der Waals surface area contributed by atoms with Crippen LogP contribution in [0.3, 0.4) is 0 Å². The van der Waals surface area contributed by atoms with Crippen LogP contribution >= 0.6 is 0 Å². The van der Waals surface area contributed by atoms with Gasteiger partial charge in [-0.15, -0.1) is 0 Å². The third-order valence-corrected chi connectivity index (χ3v) is 6.31. The standard InChI is InChI=1S/C16H29N3O2/c1-17-16(15(20)21)8-3-4-13(10-16)19-9-7-12-5-6-14(11-19)18(12)2/h12-14,17H,3-11H2,1-2H3,(H,20,21). The Balaban J connectivity index is 1.70. The summed E-state index contributed by atoms with van der Waals surface area (Å²) in [6.45, 7) is 2.26. The average Bonchev–Trinajstić information content (AvgIpc) is 2.72. The number of carboxylic acids is 1. The first-order chi connectivity index (χ1) is 10.1. The second kappa shape index (κ2) is 5.86. The summed E-state index contributed by atoms with van der Waals surface area (Å²) in [6, 6.07) is 1.85. The molecule has 2 N–H and O–H groups in total. The topological polar surface area (TPSA) is 55.8 Å². The maximum Gasteiger partial charge on any atom is 0.323 e. The third-order valence-electron chi connectivity index (χ3n) is 6.31. The first-order valence-corrected chi connectivity index (χ1v) is 8.44. The van der Waals surface area contributed by atoms with E-state index in [0.29, 0.717) is 12.1 Å². The molecule has 3 fully saturated rings. The molecule has 21 heavy (non-hydrogen) atoms. The Hall–Kier alpha value is -0.650. The molecule has 120 valence electrons. The van der Waals surface area contributed by atoms with Gasteiger partial charge in [0, 0.05) is 24.7 Å². The van der Waals surface area contributed by atoms with E-state index in [-0.39, 0.29) is 0 Å². The lowest BCUT2D eigenvalue weighted by Gasteiger charge is -2.43. The van der Waals surface area contributed by atoms with E-state index in [1.54, 1.807) is 7.05 Å². The number of carbonyl (C=O) groups is 1. The number of nitrogens with zero attached hydrogens (tertiary/aromatic N) is 2. The highest BCUT2D eigenvalue weighted by atomic mass is 16.4. The minimum absolute atomic E-state index is 0.426. The normalized spacial score (nSPS) is 41.9. The fourth-order valence-corrected chi connectivity index (χ4v) is 4.75. The predicted molar refractivity (Wildman–Crippen MR) is 82.4 cm³/mol. The molecule has 4 unspecified atom stereocenters. The van der Waals surface area contributed by atoms with Crippen LogP contribution in [0.4, 0.5) is 0 Å². The number of hydrogen-bond acceptors (Lipinski definition) is 4. The van der Waals surface area contributed by atoms with Gasteiger partial charge in [-0.2, -0.15) is 0 Å². The van der Waals surface area contributed by atoms with Crippen molar-refractivity contribution < 1.29 is 9.90 Å². The van der Waals surface area contributed by atoms with Gasteiger partial charge < -0.3 is 10.4 Å². The molecule has 0 aromatic heterocycles. The monoisotopic (exact) mass is 295 g/mol. The molecule has 2 bridgehead atoms. The molecule has 4 atom stereocenters. The van der Waals surface area contributed by atoms with Gasteiger partial charge >= 0.3 is 5.97 Å². The molecule has 3 aliphatic rings. The Morgan fingerprint density at radius 1 is 1.19 bits per heavy atom. The van der Waals surface area contributed by atoms with Crippen LogP contribution in [-0.2, 0) is 4.79 Å². The van der Waals surface area contributed by atoms with Crippen LogP contribution in [0.2, 0.25) is 0 Å². The molecule has 0 spiro atoms. The summed E-state index contributed by atoms with van der Waals surface area (Å²) in [4.78, 5) is 16.8. The van der Waals surface area contributed by atoms with Crippen LogP contribution < -0.4 is 5.32 Å². The smallest absolute Gasteiger partial charge is 0.323 e. The summed E-state index contributed by atoms with van der Waals surface area (Å²) >= 11 is 0. The second-order valence-corrected chi connectivity index (χ2v) is 7.22. The van der Waals surface area contributed by atoms with Crippen molar-refractivity contribution in [3.05, 3.63) is 0 Å². The van der Waals surface area contributed by atoms with Crippen molar-refractivity contribution in [1.29, 1.82) is 0 Å². The highest BCUT2D eigenvalue weighted by molar-refractivity contribution is 5.79. The number of rotatable bonds is 3. The van der Waals surface area contributed by atoms with Gasteiger partial charge in [-0.3, -0.25) is 14.6 Å². The molecule has 5 nitrogen and oxygen atoms in total. The van der Waals surface area contributed by atoms with Gasteiger partial charge in [0.25, 0.3) is 0 Å². The summed E-state index contributed by atoms with van der Waals surface area (Å²) in [5.41, 5.74) is -0.708. The lowest BCUT2D eigenvalue weighted by Crippen LogP contribution is -2.57. The van der Waals surface area contributed by atoms with E-state index in [9.17, 15) is 9.90 Å². The predicted octanol–water partition coefficient (Wildman–Crippen LogP) is 1.14. The number of likely N-dealkylation sites (tertiary alicyclic amines) is 1. The van der Waals surface area contributed by atoms with Gasteiger partial charge in [-0.1, -0.05) is 0 Å². The van der Waals surface area contributed by atoms with Gasteiger partial charge in [0.1, 0.15) is 5.54 Å². The maximum atomic E-state index is 11.7. The van der Waals surface area contributed by atoms with E-state index in [1.807, 2.05) is 0 Å². The molecule has 3 rings (SSSR count). The molecule has 0 aromatic carbocycles. The minimum Gasteiger partial charge on any atom is -0.480 e. The number of aliphatic carboxylic acids is 1. The zero-order valence-electron chi connectivity index (χ0n) is 13.3. The van der Waals surface area contributed by atoms with E-state index in [2.05, 4.69) is 22.2 Å². The van der Waals surface area contributed by atoms with Crippen molar-refractivity contribution in [3.8, 4) is 0 Å². The molecule has 0 amide bonds. The average molecular weight is 295 g/mol. The zero-order chi connectivity index (χ0) is 15.0. The van der Waals surface area contributed by atoms with Crippen molar-refractivity contribution in [3.63, 3.8) is 0 Å². The quantitative estimate of drug-likeness (QED) is 0.818. The molecule has 2 heterocycles. The van der Waals surface area contributed by atoms with E-state index in [0.717, 1.165) is 44.8 Å². The Bertz CT molecular complexity index is 403. The summed E-state index contributed by atoms with van der Waals surface area (Å²) in [6.07, 6.45) is 7.56. The fraction of sp³-hybridized carbons (Fsp3) is 0.938. The molecular formula is C16H29N3O2. The largest absolute Gasteiger partial charge is 0.480 e. The highest BCUT2D eigenvalue weighted by Crippen LogP contribution is 2.35. The number of nitrogens with one attached hydrogen (secondary N) is 1. The van der Waals surface area contributed by atoms with Crippen molar-refractivity contribution in [1.82, 2.24) is 15.1 Å². The van der Waals surface area contributed by atoms with Crippen LogP contribution in [-0.4, -0.2) is 71.7 Å². The van der Waals surface area contributed by atoms with E-state index in [1.165, 1.54) is 19.3 Å². The maximum absolute atomic E-state index is 11.7. The molecule has 2 aliphatic heterocycles. The van der Waals surface area contributed by atoms with Gasteiger partial charge in [0.2, 0.25) is 0 Å². The molecule has 2 saturated heterocycles. The lowest BCUT2D eigenvalue weighted by molar-refractivity contribution is -0.147. The van der Waals surface area contributed by atoms with Gasteiger partial charge in [-0.05, 0) is 65.6 Å². The highest BCUT2D eigenvalue weighted by Gasteiger charge is 2.44. The van der Waals surface area contributed by atoms with Crippen LogP contribution in [0.5, 0.6) is 0 Å². The Morgan fingerprint density at radius 3 is 2.67 bits per heavy atom. The van der Waals surface area contributed by atoms with Gasteiger partial charge in [-0.25, -0.2) is 0 Å². The number of likely N-dealkylation sites (N-methyl/N-ethyl adjacent to an activating group) is 2. The summed E-state index contributed by atoms with van der Waals surface area (Å²) in [5, 5.41) is 12.7. The molecular weight excluding hydrogens is 266 g/mol. The minimum atomic E-state index is -0.708. The van der Waals surface area contributed by atoms with Crippen LogP contribution in [0, 0.1) is 0 Å². The zero-order valence-corrected chi connectivity index (χ0v) is 13.3. The van der Waals surface area contributed by atoms with Gasteiger partial charge in [0.05, 0.1) is 0 Å². The fourth-order valence-electron chi connectivity index (χ4n) is 4.75. The Morgan fingerprint density at radius 2 is 1.95 bits per heavy atom. The van der Waals surface area contributed by atoms with Crippen LogP contribution in [0.1, 0.15) is 44.9 Å². The summed E-state index contributed by atoms with van der Waals surface area (Å²) < 4.78 is 0. The molecule has 1 aliphatic carbocycles. The Labute approximate surface area is 127 Å². The molecule has 5 heteroatoms. The molecule has 1 saturated carbocycles. The first kappa shape index (κ1) is 15.3. The van der Waals surface area contributed by atoms with Crippen LogP contribution in [0.15, 0.2) is 0 Å². The number of fused-ring (bicyclic) bond motifs is 2. The van der Waals surface area contributed by atoms with E-state index in [4.69, 9.17) is 0 Å². The SMILES string of the molecule is CNC1(C(=O)O)CCCC(N2CCC3CCC(C2)N3C)C1. The molecule has 0 radical (unpaired) electrons. The van der Waals surface area contributed by atoms with Crippen LogP contribution in [0.25, 0.3) is 0 Å². The lowest BCUT2D eigenvalue weighted by atomic mass is 9.78. The van der Waals surface area contributed by atoms with Crippen molar-refractivity contribution in [2.24, 2.45) is 0 Å². The van der Waals surface area contributed by atoms with E-state index < -0.39 is 11.5 Å². The van der Waals surface area contributed by atoms with Crippen molar-refractivity contribution >= 4 is 5.97 Å². The third kappa shape index (κ3) is 2.71. The number of hydrogen-bond donors (Lipinski definition) is 2. The Kier molecular flexibility index (Phi) is 4.26. The first-order valence-electron chi connectivity index (χ1n) is 8.44. The molecule has 0 aromatic rings. The summed E-state index contributed by atoms with van der Waals surface area (Å²) in [5.74, 6) is -0.678.